The molecule has 0 atom stereocenters. The maximum Gasteiger partial charge on any atom is 0.0630 e. The van der Waals surface area contributed by atoms with E-state index < -0.39 is 24.2 Å². The third kappa shape index (κ3) is 3.96. The number of fused-ring (bicyclic) bond motifs is 5. The summed E-state index contributed by atoms with van der Waals surface area (Å²) in [6.07, 6.45) is 0. The Kier molecular flexibility index (Phi) is 4.07. The minimum absolute atomic E-state index is 0.160. The summed E-state index contributed by atoms with van der Waals surface area (Å²) in [5.74, 6) is 0. The number of rotatable bonds is 3. The van der Waals surface area contributed by atoms with Crippen LogP contribution in [0.5, 0.6) is 0 Å². The molecular weight excluding hydrogens is 560 g/mol. The van der Waals surface area contributed by atoms with E-state index in [2.05, 4.69) is 64.5 Å². The Balaban J connectivity index is 1.55. The van der Waals surface area contributed by atoms with E-state index >= 15 is 0 Å². The van der Waals surface area contributed by atoms with Crippen molar-refractivity contribution in [3.05, 3.63) is 156 Å². The molecule has 41 heavy (non-hydrogen) atoms. The van der Waals surface area contributed by atoms with Crippen LogP contribution in [-0.4, -0.2) is 0 Å². The first kappa shape index (κ1) is 17.2. The van der Waals surface area contributed by atoms with E-state index in [9.17, 15) is 0 Å². The molecule has 0 heterocycles. The summed E-state index contributed by atoms with van der Waals surface area (Å²) in [5, 5.41) is 4.67. The molecule has 0 nitrogen and oxygen atoms in total. The van der Waals surface area contributed by atoms with Crippen LogP contribution in [0.2, 0.25) is 0 Å². The second kappa shape index (κ2) is 9.73. The average molecular weight is 594 g/mol. The fourth-order valence-corrected chi connectivity index (χ4v) is 6.46. The monoisotopic (exact) mass is 592 g/mol. The standard InChI is InChI=1S/C40H25Br/c41-40-35-19-8-6-17-33(35)39(34-18-7-9-20-36(34)40)30-21-22-32-31-16-5-4-13-29(31)24-37(38(32)25-30)28-15-10-14-27(23-28)26-11-2-1-3-12-26/h1-25H/i6D,7D,8D,9D,17D,18D,19D,20D. The molecule has 0 saturated carbocycles. The lowest BCUT2D eigenvalue weighted by Gasteiger charge is -2.17. The molecule has 0 N–H and O–H groups in total. The Labute approximate surface area is 258 Å². The van der Waals surface area contributed by atoms with Crippen molar-refractivity contribution >= 4 is 59.0 Å². The van der Waals surface area contributed by atoms with Crippen molar-refractivity contribution in [3.63, 3.8) is 0 Å². The number of halogens is 1. The Morgan fingerprint density at radius 2 is 1.05 bits per heavy atom. The van der Waals surface area contributed by atoms with Gasteiger partial charge in [-0.3, -0.25) is 0 Å². The van der Waals surface area contributed by atoms with Crippen LogP contribution in [0.15, 0.2) is 156 Å². The zero-order valence-electron chi connectivity index (χ0n) is 29.7. The van der Waals surface area contributed by atoms with E-state index in [1.165, 1.54) is 0 Å². The van der Waals surface area contributed by atoms with Crippen molar-refractivity contribution in [2.45, 2.75) is 0 Å². The summed E-state index contributed by atoms with van der Waals surface area (Å²) >= 11 is 3.52. The third-order valence-electron chi connectivity index (χ3n) is 7.74. The lowest BCUT2D eigenvalue weighted by atomic mass is 9.87. The third-order valence-corrected chi connectivity index (χ3v) is 8.54. The molecule has 0 aliphatic heterocycles. The topological polar surface area (TPSA) is 0 Å². The highest BCUT2D eigenvalue weighted by Gasteiger charge is 2.16. The van der Waals surface area contributed by atoms with Crippen molar-refractivity contribution in [2.75, 3.05) is 0 Å². The highest BCUT2D eigenvalue weighted by atomic mass is 79.9. The van der Waals surface area contributed by atoms with Crippen LogP contribution in [-0.2, 0) is 0 Å². The van der Waals surface area contributed by atoms with E-state index in [0.29, 0.717) is 11.1 Å². The molecule has 0 unspecified atom stereocenters. The molecule has 8 aromatic rings. The molecule has 8 rings (SSSR count). The van der Waals surface area contributed by atoms with Gasteiger partial charge in [0.1, 0.15) is 0 Å². The van der Waals surface area contributed by atoms with Crippen LogP contribution in [0.1, 0.15) is 11.0 Å². The minimum atomic E-state index is -0.421. The summed E-state index contributed by atoms with van der Waals surface area (Å²) in [5.41, 5.74) is 5.00. The van der Waals surface area contributed by atoms with E-state index in [0.717, 1.165) is 43.8 Å². The molecule has 1 heteroatoms. The molecule has 0 aliphatic rings. The minimum Gasteiger partial charge on any atom is -0.0622 e. The molecule has 0 fully saturated rings. The molecule has 0 bridgehead atoms. The summed E-state index contributed by atoms with van der Waals surface area (Å²) in [4.78, 5) is 0. The second-order valence-corrected chi connectivity index (χ2v) is 10.8. The van der Waals surface area contributed by atoms with Gasteiger partial charge in [-0.25, -0.2) is 0 Å². The smallest absolute Gasteiger partial charge is 0.0622 e. The maximum absolute atomic E-state index is 9.06. The molecular formula is C40H25Br. The molecule has 0 radical (unpaired) electrons. The van der Waals surface area contributed by atoms with Gasteiger partial charge >= 0.3 is 0 Å². The van der Waals surface area contributed by atoms with Crippen LogP contribution >= 0.6 is 15.9 Å². The van der Waals surface area contributed by atoms with Crippen molar-refractivity contribution in [1.82, 2.24) is 0 Å². The van der Waals surface area contributed by atoms with Crippen LogP contribution in [0.4, 0.5) is 0 Å². The van der Waals surface area contributed by atoms with Gasteiger partial charge in [0, 0.05) is 4.47 Å². The van der Waals surface area contributed by atoms with Crippen molar-refractivity contribution in [2.24, 2.45) is 0 Å². The van der Waals surface area contributed by atoms with Crippen LogP contribution in [0.25, 0.3) is 76.5 Å². The number of benzene rings is 8. The highest BCUT2D eigenvalue weighted by molar-refractivity contribution is 9.10. The summed E-state index contributed by atoms with van der Waals surface area (Å²) in [7, 11) is 0. The van der Waals surface area contributed by atoms with Gasteiger partial charge in [0.05, 0.1) is 11.0 Å². The summed E-state index contributed by atoms with van der Waals surface area (Å²) < 4.78 is 70.1. The first-order valence-corrected chi connectivity index (χ1v) is 14.1. The van der Waals surface area contributed by atoms with Gasteiger partial charge in [0.25, 0.3) is 0 Å². The van der Waals surface area contributed by atoms with Gasteiger partial charge in [-0.15, -0.1) is 0 Å². The van der Waals surface area contributed by atoms with Crippen LogP contribution in [0, 0.1) is 0 Å². The van der Waals surface area contributed by atoms with Gasteiger partial charge in [-0.05, 0) is 111 Å². The van der Waals surface area contributed by atoms with Gasteiger partial charge in [0.15, 0.2) is 0 Å². The maximum atomic E-state index is 9.06. The van der Waals surface area contributed by atoms with Crippen molar-refractivity contribution < 1.29 is 11.0 Å². The lowest BCUT2D eigenvalue weighted by Crippen LogP contribution is -1.90. The highest BCUT2D eigenvalue weighted by Crippen LogP contribution is 2.44. The number of hydrogen-bond acceptors (Lipinski definition) is 0. The normalized spacial score (nSPS) is 14.3. The molecule has 0 aliphatic carbocycles. The molecule has 0 aromatic heterocycles. The molecule has 8 aromatic carbocycles. The molecule has 0 spiro atoms. The Morgan fingerprint density at radius 3 is 1.80 bits per heavy atom. The zero-order chi connectivity index (χ0) is 34.3. The predicted octanol–water partition coefficient (Wildman–Crippen LogP) is 12.1. The summed E-state index contributed by atoms with van der Waals surface area (Å²) in [6.45, 7) is 0. The van der Waals surface area contributed by atoms with Gasteiger partial charge in [-0.2, -0.15) is 0 Å². The van der Waals surface area contributed by atoms with E-state index in [1.54, 1.807) is 0 Å². The second-order valence-electron chi connectivity index (χ2n) is 10.0. The van der Waals surface area contributed by atoms with E-state index in [-0.39, 0.29) is 50.2 Å². The average Bonchev–Trinajstić information content (AvgIpc) is 3.13. The first-order chi connectivity index (χ1) is 23.6. The Bertz CT molecular complexity index is 2620. The largest absolute Gasteiger partial charge is 0.0630 e. The molecule has 192 valence electrons. The fourth-order valence-electron chi connectivity index (χ4n) is 5.86. The number of hydrogen-bond donors (Lipinski definition) is 0. The first-order valence-electron chi connectivity index (χ1n) is 17.3. The lowest BCUT2D eigenvalue weighted by molar-refractivity contribution is 1.61. The van der Waals surface area contributed by atoms with Gasteiger partial charge < -0.3 is 0 Å². The quantitative estimate of drug-likeness (QED) is 0.141. The van der Waals surface area contributed by atoms with Crippen molar-refractivity contribution in [3.8, 4) is 33.4 Å². The van der Waals surface area contributed by atoms with Gasteiger partial charge in [0.2, 0.25) is 0 Å². The van der Waals surface area contributed by atoms with Crippen molar-refractivity contribution in [1.29, 1.82) is 0 Å². The zero-order valence-corrected chi connectivity index (χ0v) is 23.3. The van der Waals surface area contributed by atoms with Crippen LogP contribution in [0.3, 0.4) is 0 Å². The predicted molar refractivity (Wildman–Crippen MR) is 180 cm³/mol. The van der Waals surface area contributed by atoms with Gasteiger partial charge in [-0.1, -0.05) is 133 Å². The van der Waals surface area contributed by atoms with E-state index in [4.69, 9.17) is 11.0 Å². The Morgan fingerprint density at radius 1 is 0.415 bits per heavy atom. The van der Waals surface area contributed by atoms with E-state index in [1.807, 2.05) is 54.6 Å². The summed E-state index contributed by atoms with van der Waals surface area (Å²) in [6, 6.07) is 31.8. The fraction of sp³-hybridized carbons (Fsp3) is 0. The van der Waals surface area contributed by atoms with Crippen LogP contribution < -0.4 is 0 Å². The SMILES string of the molecule is [2H]c1c([2H])c([2H])c2c(-c3ccc4c(c3)c(-c3cccc(-c5ccccc5)c3)cc3ccccc34)c3c([2H])c([2H])c([2H])c([2H])c3c(Br)c2c1[2H]. The Hall–Kier alpha value is -4.72. The molecule has 0 amide bonds. The molecule has 0 saturated heterocycles.